The standard InChI is InChI=1S/C11B8FN/c12-2-1(9(20)6(16)4(14)3(2)13)10-7(17)5(15)8(18)11(19)21-10. The highest BCUT2D eigenvalue weighted by Gasteiger charge is 2.19. The van der Waals surface area contributed by atoms with Crippen LogP contribution in [0.25, 0.3) is 11.3 Å². The van der Waals surface area contributed by atoms with Gasteiger partial charge in [0.05, 0.1) is 5.69 Å². The fraction of sp³-hybridized carbons (Fsp3) is 0. The Balaban J connectivity index is 2.93. The molecule has 0 unspecified atom stereocenters. The van der Waals surface area contributed by atoms with Crippen LogP contribution in [0.2, 0.25) is 0 Å². The highest BCUT2D eigenvalue weighted by atomic mass is 19.1. The summed E-state index contributed by atoms with van der Waals surface area (Å²) in [6.45, 7) is 0. The number of pyridine rings is 1. The Hall–Kier alpha value is -1.18. The third kappa shape index (κ3) is 2.43. The van der Waals surface area contributed by atoms with Crippen molar-refractivity contribution in [2.45, 2.75) is 0 Å². The topological polar surface area (TPSA) is 12.9 Å². The highest BCUT2D eigenvalue weighted by molar-refractivity contribution is 6.65. The molecular weight excluding hydrogens is 252 g/mol. The van der Waals surface area contributed by atoms with Gasteiger partial charge < -0.3 is 0 Å². The van der Waals surface area contributed by atoms with Gasteiger partial charge >= 0.3 is 0 Å². The zero-order valence-electron chi connectivity index (χ0n) is 10.9. The van der Waals surface area contributed by atoms with Crippen molar-refractivity contribution in [3.05, 3.63) is 5.82 Å². The number of hydrogen-bond donors (Lipinski definition) is 0. The second kappa shape index (κ2) is 5.55. The van der Waals surface area contributed by atoms with Gasteiger partial charge in [0.1, 0.15) is 68.6 Å². The van der Waals surface area contributed by atoms with E-state index < -0.39 is 5.82 Å². The normalized spacial score (nSPS) is 10.7. The molecule has 0 fully saturated rings. The summed E-state index contributed by atoms with van der Waals surface area (Å²) in [5, 5.41) is 0. The van der Waals surface area contributed by atoms with E-state index in [1.807, 2.05) is 0 Å². The summed E-state index contributed by atoms with van der Waals surface area (Å²) in [4.78, 5) is 3.91. The van der Waals surface area contributed by atoms with Gasteiger partial charge in [-0.15, -0.1) is 16.4 Å². The number of rotatable bonds is 1. The molecule has 0 aliphatic carbocycles. The summed E-state index contributed by atoms with van der Waals surface area (Å²) in [5.74, 6) is -0.915. The number of halogens is 1. The van der Waals surface area contributed by atoms with Crippen molar-refractivity contribution >= 4 is 107 Å². The van der Waals surface area contributed by atoms with Crippen LogP contribution in [0.1, 0.15) is 0 Å². The number of benzene rings is 1. The van der Waals surface area contributed by atoms with E-state index in [-0.39, 0.29) is 55.1 Å². The van der Waals surface area contributed by atoms with Gasteiger partial charge in [0.2, 0.25) is 0 Å². The summed E-state index contributed by atoms with van der Waals surface area (Å²) in [7, 11) is 45.3. The van der Waals surface area contributed by atoms with Crippen LogP contribution in [0, 0.1) is 5.82 Å². The molecule has 1 nitrogen and oxygen atoms in total. The van der Waals surface area contributed by atoms with Crippen molar-refractivity contribution in [2.24, 2.45) is 0 Å². The average molecular weight is 252 g/mol. The van der Waals surface area contributed by atoms with Gasteiger partial charge in [-0.25, -0.2) is 4.39 Å². The number of aromatic nitrogens is 1. The molecule has 10 heteroatoms. The number of nitrogens with zero attached hydrogens (tertiary/aromatic N) is 1. The SMILES string of the molecule is [B]c1nc(-c2c([B])c([B])c([B])c([B])c2F)c([B])c([B])c1[B]. The summed E-state index contributed by atoms with van der Waals surface area (Å²) in [5.41, 5.74) is -1.36. The van der Waals surface area contributed by atoms with Crippen molar-refractivity contribution in [3.8, 4) is 11.3 Å². The summed E-state index contributed by atoms with van der Waals surface area (Å²) in [6, 6.07) is 0. The minimum atomic E-state index is -0.915. The second-order valence-electron chi connectivity index (χ2n) is 4.43. The van der Waals surface area contributed by atoms with E-state index in [0.29, 0.717) is 0 Å². The highest BCUT2D eigenvalue weighted by Crippen LogP contribution is 2.11. The van der Waals surface area contributed by atoms with Crippen LogP contribution in [0.5, 0.6) is 0 Å². The van der Waals surface area contributed by atoms with E-state index in [0.717, 1.165) is 0 Å². The fourth-order valence-electron chi connectivity index (χ4n) is 1.87. The van der Waals surface area contributed by atoms with Crippen molar-refractivity contribution in [1.82, 2.24) is 4.98 Å². The lowest BCUT2D eigenvalue weighted by Gasteiger charge is -2.21. The van der Waals surface area contributed by atoms with Crippen LogP contribution >= 0.6 is 0 Å². The lowest BCUT2D eigenvalue weighted by molar-refractivity contribution is 0.641. The maximum atomic E-state index is 14.4. The predicted octanol–water partition coefficient (Wildman–Crippen LogP) is -6.76. The molecule has 0 aliphatic heterocycles. The average Bonchev–Trinajstić information content (AvgIpc) is 2.46. The molecule has 0 N–H and O–H groups in total. The van der Waals surface area contributed by atoms with Crippen LogP contribution in [-0.4, -0.2) is 67.8 Å². The quantitative estimate of drug-likeness (QED) is 0.459. The third-order valence-corrected chi connectivity index (χ3v) is 3.18. The molecule has 0 aliphatic rings. The lowest BCUT2D eigenvalue weighted by Crippen LogP contribution is -2.53. The van der Waals surface area contributed by atoms with Crippen LogP contribution in [0.4, 0.5) is 4.39 Å². The molecule has 0 saturated carbocycles. The van der Waals surface area contributed by atoms with Gasteiger partial charge in [-0.2, -0.15) is 0 Å². The Bertz CT molecular complexity index is 732. The first-order valence-electron chi connectivity index (χ1n) is 5.70. The Kier molecular flexibility index (Phi) is 4.28. The van der Waals surface area contributed by atoms with E-state index in [2.05, 4.69) is 4.98 Å². The van der Waals surface area contributed by atoms with E-state index >= 15 is 0 Å². The van der Waals surface area contributed by atoms with Gasteiger partial charge in [0, 0.05) is 5.56 Å². The molecule has 16 radical (unpaired) electrons. The molecule has 1 aromatic heterocycles. The summed E-state index contributed by atoms with van der Waals surface area (Å²) < 4.78 is 14.4. The van der Waals surface area contributed by atoms with Crippen molar-refractivity contribution in [1.29, 1.82) is 0 Å². The molecule has 0 saturated heterocycles. The molecule has 1 heterocycles. The maximum absolute atomic E-state index is 14.4. The fourth-order valence-corrected chi connectivity index (χ4v) is 1.87. The molecule has 0 amide bonds. The van der Waals surface area contributed by atoms with Gasteiger partial charge in [0.15, 0.2) is 0 Å². The predicted molar refractivity (Wildman–Crippen MR) is 92.7 cm³/mol. The molecule has 80 valence electrons. The minimum absolute atomic E-state index is 0.00776. The Morgan fingerprint density at radius 2 is 1.05 bits per heavy atom. The molecule has 0 spiro atoms. The first-order valence-corrected chi connectivity index (χ1v) is 5.70. The van der Waals surface area contributed by atoms with Crippen molar-refractivity contribution < 1.29 is 4.39 Å². The van der Waals surface area contributed by atoms with Crippen LogP contribution in [0.15, 0.2) is 0 Å². The molecule has 0 atom stereocenters. The Morgan fingerprint density at radius 1 is 0.571 bits per heavy atom. The van der Waals surface area contributed by atoms with Crippen molar-refractivity contribution in [2.75, 3.05) is 0 Å². The first-order chi connectivity index (χ1) is 9.68. The van der Waals surface area contributed by atoms with Gasteiger partial charge in [-0.3, -0.25) is 4.98 Å². The molecule has 2 aromatic rings. The van der Waals surface area contributed by atoms with E-state index in [9.17, 15) is 4.39 Å². The van der Waals surface area contributed by atoms with E-state index in [1.54, 1.807) is 0 Å². The van der Waals surface area contributed by atoms with Crippen LogP contribution in [-0.2, 0) is 0 Å². The third-order valence-electron chi connectivity index (χ3n) is 3.18. The monoisotopic (exact) mass is 253 g/mol. The van der Waals surface area contributed by atoms with Crippen molar-refractivity contribution in [3.63, 3.8) is 0 Å². The maximum Gasteiger partial charge on any atom is 0.140 e. The van der Waals surface area contributed by atoms with Crippen LogP contribution in [0.3, 0.4) is 0 Å². The lowest BCUT2D eigenvalue weighted by atomic mass is 9.63. The minimum Gasteiger partial charge on any atom is -0.266 e. The van der Waals surface area contributed by atoms with E-state index in [4.69, 9.17) is 62.8 Å². The zero-order valence-corrected chi connectivity index (χ0v) is 10.9. The zero-order chi connectivity index (χ0) is 16.1. The molecular formula is C11B8FN. The molecule has 21 heavy (non-hydrogen) atoms. The van der Waals surface area contributed by atoms with Gasteiger partial charge in [-0.1, -0.05) is 21.9 Å². The van der Waals surface area contributed by atoms with Gasteiger partial charge in [-0.05, 0) is 5.59 Å². The van der Waals surface area contributed by atoms with Crippen LogP contribution < -0.4 is 43.8 Å². The first kappa shape index (κ1) is 16.2. The van der Waals surface area contributed by atoms with E-state index in [1.165, 1.54) is 0 Å². The number of hydrogen-bond acceptors (Lipinski definition) is 1. The summed E-state index contributed by atoms with van der Waals surface area (Å²) in [6.07, 6.45) is 0. The largest absolute Gasteiger partial charge is 0.266 e. The summed E-state index contributed by atoms with van der Waals surface area (Å²) >= 11 is 0. The van der Waals surface area contributed by atoms with Gasteiger partial charge in [0.25, 0.3) is 0 Å². The molecule has 0 bridgehead atoms. The Labute approximate surface area is 133 Å². The second-order valence-corrected chi connectivity index (χ2v) is 4.43. The Morgan fingerprint density at radius 3 is 1.62 bits per heavy atom. The smallest absolute Gasteiger partial charge is 0.140 e. The molecule has 2 rings (SSSR count). The molecule has 1 aromatic carbocycles.